The Morgan fingerprint density at radius 2 is 2.06 bits per heavy atom. The number of carbonyl (C=O) groups excluding carboxylic acids is 2. The van der Waals surface area contributed by atoms with Gasteiger partial charge < -0.3 is 10.1 Å². The van der Waals surface area contributed by atoms with Crippen LogP contribution in [0.5, 0.6) is 0 Å². The fraction of sp³-hybridized carbons (Fsp3) is 0.375. The Hall–Kier alpha value is -4.04. The van der Waals surface area contributed by atoms with E-state index in [2.05, 4.69) is 37.0 Å². The van der Waals surface area contributed by atoms with E-state index >= 15 is 0 Å². The van der Waals surface area contributed by atoms with Crippen LogP contribution in [0, 0.1) is 22.2 Å². The van der Waals surface area contributed by atoms with Crippen molar-refractivity contribution in [1.82, 2.24) is 25.0 Å². The number of aryl methyl sites for hydroxylation is 1. The molecule has 3 heterocycles. The van der Waals surface area contributed by atoms with E-state index in [-0.39, 0.29) is 22.3 Å². The van der Waals surface area contributed by atoms with Crippen LogP contribution in [0.3, 0.4) is 0 Å². The molecule has 0 bridgehead atoms. The van der Waals surface area contributed by atoms with E-state index in [0.29, 0.717) is 29.1 Å². The Labute approximate surface area is 211 Å². The molecule has 11 nitrogen and oxygen atoms in total. The minimum atomic E-state index is -0.941. The number of hydrogen-bond donors (Lipinski definition) is 2. The van der Waals surface area contributed by atoms with Crippen LogP contribution in [0.2, 0.25) is 5.15 Å². The molecule has 0 saturated heterocycles. The van der Waals surface area contributed by atoms with E-state index in [1.54, 1.807) is 44.4 Å². The van der Waals surface area contributed by atoms with Crippen molar-refractivity contribution in [3.05, 3.63) is 47.4 Å². The number of rotatable bonds is 6. The molecular weight excluding hydrogens is 484 g/mol. The number of pyridine rings is 2. The summed E-state index contributed by atoms with van der Waals surface area (Å²) in [5, 5.41) is 23.4. The number of hydrogen-bond acceptors (Lipinski definition) is 8. The molecule has 0 aliphatic heterocycles. The van der Waals surface area contributed by atoms with Gasteiger partial charge in [0.2, 0.25) is 5.91 Å². The normalized spacial score (nSPS) is 20.1. The Morgan fingerprint density at radius 1 is 1.25 bits per heavy atom. The Kier molecular flexibility index (Phi) is 5.84. The molecule has 2 N–H and O–H groups in total. The molecular formula is C24H23ClN8O3. The molecule has 36 heavy (non-hydrogen) atoms. The average Bonchev–Trinajstić information content (AvgIpc) is 3.45. The lowest BCUT2D eigenvalue weighted by molar-refractivity contribution is -0.121. The van der Waals surface area contributed by atoms with Gasteiger partial charge >= 0.3 is 6.09 Å². The lowest BCUT2D eigenvalue weighted by Crippen LogP contribution is -2.32. The largest absolute Gasteiger partial charge is 0.441 e. The number of amides is 2. The number of ether oxygens (including phenoxy) is 1. The van der Waals surface area contributed by atoms with Crippen LogP contribution in [0.15, 0.2) is 36.7 Å². The standard InChI is InChI=1S/C24H23ClN8O3/c1-14(16-5-3-10-27-19(16)25)36-22(35)30-20-18(31-32-33(20)2)17-7-6-15(11-28-17)29-21(34)24(13-26)12-23(24)8-4-9-23/h3,5-7,10-11,14H,4,8-9,12H2,1-2H3,(H,29,34)(H,30,35)/t14-,24+/m1/s1. The number of nitrogens with one attached hydrogen (secondary N) is 2. The van der Waals surface area contributed by atoms with E-state index in [1.165, 1.54) is 10.9 Å². The van der Waals surface area contributed by atoms with Crippen LogP contribution in [-0.4, -0.2) is 37.0 Å². The van der Waals surface area contributed by atoms with E-state index in [0.717, 1.165) is 19.3 Å². The third-order valence-electron chi connectivity index (χ3n) is 7.09. The molecule has 1 spiro atoms. The van der Waals surface area contributed by atoms with Crippen molar-refractivity contribution >= 4 is 35.1 Å². The molecule has 2 aliphatic carbocycles. The first kappa shape index (κ1) is 23.7. The second-order valence-electron chi connectivity index (χ2n) is 9.18. The highest BCUT2D eigenvalue weighted by atomic mass is 35.5. The highest BCUT2D eigenvalue weighted by molar-refractivity contribution is 6.30. The molecule has 0 aromatic carbocycles. The fourth-order valence-corrected chi connectivity index (χ4v) is 5.04. The summed E-state index contributed by atoms with van der Waals surface area (Å²) in [6.07, 6.45) is 5.18. The van der Waals surface area contributed by atoms with Gasteiger partial charge in [-0.3, -0.25) is 15.1 Å². The molecule has 2 fully saturated rings. The maximum absolute atomic E-state index is 12.8. The fourth-order valence-electron chi connectivity index (χ4n) is 4.77. The van der Waals surface area contributed by atoms with Gasteiger partial charge in [-0.2, -0.15) is 5.26 Å². The molecule has 2 amide bonds. The molecule has 0 unspecified atom stereocenters. The third kappa shape index (κ3) is 3.93. The van der Waals surface area contributed by atoms with Gasteiger partial charge in [0.05, 0.1) is 23.6 Å². The van der Waals surface area contributed by atoms with Crippen LogP contribution >= 0.6 is 11.6 Å². The molecule has 2 aliphatic rings. The molecule has 5 rings (SSSR count). The van der Waals surface area contributed by atoms with Gasteiger partial charge in [-0.15, -0.1) is 5.10 Å². The highest BCUT2D eigenvalue weighted by Crippen LogP contribution is 2.73. The zero-order chi connectivity index (χ0) is 25.5. The minimum Gasteiger partial charge on any atom is -0.441 e. The molecule has 3 aromatic rings. The summed E-state index contributed by atoms with van der Waals surface area (Å²) in [6.45, 7) is 1.68. The SMILES string of the molecule is C[C@@H](OC(=O)Nc1c(-c2ccc(NC(=O)[C@@]3(C#N)CC34CCC4)cn2)nnn1C)c1cccnc1Cl. The van der Waals surface area contributed by atoms with Gasteiger partial charge in [-0.05, 0) is 44.4 Å². The maximum Gasteiger partial charge on any atom is 0.413 e. The summed E-state index contributed by atoms with van der Waals surface area (Å²) in [5.74, 6) is -0.00574. The van der Waals surface area contributed by atoms with Crippen LogP contribution in [0.4, 0.5) is 16.3 Å². The third-order valence-corrected chi connectivity index (χ3v) is 7.41. The number of aromatic nitrogens is 5. The monoisotopic (exact) mass is 506 g/mol. The molecule has 2 atom stereocenters. The summed E-state index contributed by atoms with van der Waals surface area (Å²) >= 11 is 6.08. The summed E-state index contributed by atoms with van der Waals surface area (Å²) < 4.78 is 6.83. The Balaban J connectivity index is 1.26. The lowest BCUT2D eigenvalue weighted by Gasteiger charge is -2.28. The Morgan fingerprint density at radius 3 is 2.67 bits per heavy atom. The molecule has 12 heteroatoms. The maximum atomic E-state index is 12.8. The van der Waals surface area contributed by atoms with Crippen molar-refractivity contribution in [2.75, 3.05) is 10.6 Å². The zero-order valence-corrected chi connectivity index (χ0v) is 20.4. The number of nitrogens with zero attached hydrogens (tertiary/aromatic N) is 6. The van der Waals surface area contributed by atoms with Crippen LogP contribution in [-0.2, 0) is 16.6 Å². The van der Waals surface area contributed by atoms with Crippen molar-refractivity contribution in [3.63, 3.8) is 0 Å². The molecule has 2 saturated carbocycles. The van der Waals surface area contributed by atoms with Crippen LogP contribution in [0.1, 0.15) is 44.3 Å². The van der Waals surface area contributed by atoms with Crippen molar-refractivity contribution in [2.24, 2.45) is 17.9 Å². The van der Waals surface area contributed by atoms with Gasteiger partial charge in [0, 0.05) is 24.2 Å². The smallest absolute Gasteiger partial charge is 0.413 e. The van der Waals surface area contributed by atoms with Crippen molar-refractivity contribution in [3.8, 4) is 17.5 Å². The number of nitriles is 1. The van der Waals surface area contributed by atoms with Gasteiger partial charge in [-0.25, -0.2) is 14.5 Å². The minimum absolute atomic E-state index is 0.145. The number of halogens is 1. The predicted molar refractivity (Wildman–Crippen MR) is 130 cm³/mol. The van der Waals surface area contributed by atoms with Crippen molar-refractivity contribution in [2.45, 2.75) is 38.7 Å². The van der Waals surface area contributed by atoms with Gasteiger partial charge in [0.15, 0.2) is 11.5 Å². The number of anilines is 2. The first-order chi connectivity index (χ1) is 17.3. The number of carbonyl (C=O) groups is 2. The second kappa shape index (κ2) is 8.87. The molecule has 184 valence electrons. The second-order valence-corrected chi connectivity index (χ2v) is 9.54. The van der Waals surface area contributed by atoms with Crippen molar-refractivity contribution in [1.29, 1.82) is 5.26 Å². The van der Waals surface area contributed by atoms with E-state index in [9.17, 15) is 14.9 Å². The Bertz CT molecular complexity index is 1380. The zero-order valence-electron chi connectivity index (χ0n) is 19.7. The first-order valence-corrected chi connectivity index (χ1v) is 11.8. The summed E-state index contributed by atoms with van der Waals surface area (Å²) in [4.78, 5) is 33.7. The van der Waals surface area contributed by atoms with Gasteiger partial charge in [0.1, 0.15) is 16.7 Å². The van der Waals surface area contributed by atoms with E-state index < -0.39 is 17.6 Å². The average molecular weight is 507 g/mol. The van der Waals surface area contributed by atoms with E-state index in [4.69, 9.17) is 16.3 Å². The topological polar surface area (TPSA) is 148 Å². The van der Waals surface area contributed by atoms with Gasteiger partial charge in [0.25, 0.3) is 0 Å². The molecule has 0 radical (unpaired) electrons. The quantitative estimate of drug-likeness (QED) is 0.471. The van der Waals surface area contributed by atoms with Crippen LogP contribution in [0.25, 0.3) is 11.4 Å². The van der Waals surface area contributed by atoms with Crippen LogP contribution < -0.4 is 10.6 Å². The van der Waals surface area contributed by atoms with Gasteiger partial charge in [-0.1, -0.05) is 29.3 Å². The highest BCUT2D eigenvalue weighted by Gasteiger charge is 2.74. The summed E-state index contributed by atoms with van der Waals surface area (Å²) in [6, 6.07) is 8.99. The predicted octanol–water partition coefficient (Wildman–Crippen LogP) is 4.26. The van der Waals surface area contributed by atoms with E-state index in [1.807, 2.05) is 0 Å². The molecule has 3 aromatic heterocycles. The first-order valence-electron chi connectivity index (χ1n) is 11.5. The lowest BCUT2D eigenvalue weighted by atomic mass is 9.75. The summed E-state index contributed by atoms with van der Waals surface area (Å²) in [7, 11) is 1.62. The van der Waals surface area contributed by atoms with Crippen molar-refractivity contribution < 1.29 is 14.3 Å². The summed E-state index contributed by atoms with van der Waals surface area (Å²) in [5.41, 5.74) is 0.710.